The Morgan fingerprint density at radius 1 is 1.50 bits per heavy atom. The van der Waals surface area contributed by atoms with Crippen molar-refractivity contribution in [3.63, 3.8) is 0 Å². The first kappa shape index (κ1) is 6.09. The molecule has 0 saturated carbocycles. The largest absolute Gasteiger partial charge is 0.301 e. The van der Waals surface area contributed by atoms with Crippen molar-refractivity contribution < 1.29 is 0 Å². The van der Waals surface area contributed by atoms with Gasteiger partial charge in [0.25, 0.3) is 0 Å². The van der Waals surface area contributed by atoms with Gasteiger partial charge in [-0.3, -0.25) is 0 Å². The van der Waals surface area contributed by atoms with Gasteiger partial charge >= 0.3 is 0 Å². The lowest BCUT2D eigenvalue weighted by molar-refractivity contribution is -0.0228. The van der Waals surface area contributed by atoms with E-state index in [0.717, 1.165) is 5.92 Å². The van der Waals surface area contributed by atoms with E-state index in [1.807, 2.05) is 0 Å². The van der Waals surface area contributed by atoms with E-state index in [2.05, 4.69) is 32.7 Å². The van der Waals surface area contributed by atoms with E-state index in [9.17, 15) is 0 Å². The summed E-state index contributed by atoms with van der Waals surface area (Å²) in [5.41, 5.74) is 0.472. The van der Waals surface area contributed by atoms with Crippen LogP contribution in [0.15, 0.2) is 0 Å². The molecule has 1 saturated heterocycles. The predicted molar refractivity (Wildman–Crippen MR) is 35.9 cm³/mol. The van der Waals surface area contributed by atoms with Gasteiger partial charge in [-0.25, -0.2) is 0 Å². The van der Waals surface area contributed by atoms with Crippen molar-refractivity contribution >= 4 is 0 Å². The maximum absolute atomic E-state index is 2.39. The fraction of sp³-hybridized carbons (Fsp3) is 1.00. The molecule has 1 aliphatic heterocycles. The monoisotopic (exact) mass is 113 g/mol. The number of rotatable bonds is 0. The molecule has 1 atom stereocenters. The molecule has 1 heterocycles. The van der Waals surface area contributed by atoms with Crippen LogP contribution in [-0.2, 0) is 0 Å². The zero-order valence-corrected chi connectivity index (χ0v) is 6.23. The fourth-order valence-electron chi connectivity index (χ4n) is 1.13. The Morgan fingerprint density at radius 3 is 2.00 bits per heavy atom. The van der Waals surface area contributed by atoms with E-state index in [1.54, 1.807) is 0 Å². The minimum atomic E-state index is 0.472. The lowest BCUT2D eigenvalue weighted by Crippen LogP contribution is -2.60. The SMILES string of the molecule is CC1CN(C)C1(C)C. The topological polar surface area (TPSA) is 3.24 Å². The third kappa shape index (κ3) is 0.576. The van der Waals surface area contributed by atoms with Crippen LogP contribution < -0.4 is 0 Å². The summed E-state index contributed by atoms with van der Waals surface area (Å²) in [4.78, 5) is 2.39. The predicted octanol–water partition coefficient (Wildman–Crippen LogP) is 1.35. The average molecular weight is 113 g/mol. The number of hydrogen-bond acceptors (Lipinski definition) is 1. The summed E-state index contributed by atoms with van der Waals surface area (Å²) in [6.07, 6.45) is 0. The van der Waals surface area contributed by atoms with Crippen LogP contribution in [0.1, 0.15) is 20.8 Å². The molecule has 0 radical (unpaired) electrons. The van der Waals surface area contributed by atoms with Crippen LogP contribution in [0.3, 0.4) is 0 Å². The van der Waals surface area contributed by atoms with Crippen LogP contribution >= 0.6 is 0 Å². The Labute approximate surface area is 51.7 Å². The van der Waals surface area contributed by atoms with Gasteiger partial charge in [-0.1, -0.05) is 6.92 Å². The van der Waals surface area contributed by atoms with Crippen LogP contribution in [-0.4, -0.2) is 24.0 Å². The summed E-state index contributed by atoms with van der Waals surface area (Å²) in [5.74, 6) is 0.882. The first-order valence-electron chi connectivity index (χ1n) is 3.26. The Bertz CT molecular complexity index is 86.6. The summed E-state index contributed by atoms with van der Waals surface area (Å²) in [7, 11) is 2.18. The van der Waals surface area contributed by atoms with Crippen molar-refractivity contribution in [3.8, 4) is 0 Å². The first-order chi connectivity index (χ1) is 3.55. The molecule has 0 aromatic carbocycles. The van der Waals surface area contributed by atoms with Crippen LogP contribution in [0.25, 0.3) is 0 Å². The molecule has 0 aromatic rings. The molecular formula is C7H15N. The van der Waals surface area contributed by atoms with Gasteiger partial charge in [0, 0.05) is 12.1 Å². The first-order valence-corrected chi connectivity index (χ1v) is 3.26. The van der Waals surface area contributed by atoms with Crippen molar-refractivity contribution in [2.45, 2.75) is 26.3 Å². The summed E-state index contributed by atoms with van der Waals surface area (Å²) in [5, 5.41) is 0. The van der Waals surface area contributed by atoms with Crippen molar-refractivity contribution in [3.05, 3.63) is 0 Å². The molecule has 1 fully saturated rings. The van der Waals surface area contributed by atoms with Gasteiger partial charge in [-0.15, -0.1) is 0 Å². The van der Waals surface area contributed by atoms with Gasteiger partial charge in [0.1, 0.15) is 0 Å². The lowest BCUT2D eigenvalue weighted by atomic mass is 9.79. The van der Waals surface area contributed by atoms with Gasteiger partial charge in [0.2, 0.25) is 0 Å². The van der Waals surface area contributed by atoms with Gasteiger partial charge in [-0.2, -0.15) is 0 Å². The molecule has 1 rings (SSSR count). The Morgan fingerprint density at radius 2 is 2.00 bits per heavy atom. The van der Waals surface area contributed by atoms with E-state index in [-0.39, 0.29) is 0 Å². The van der Waals surface area contributed by atoms with Gasteiger partial charge in [-0.05, 0) is 26.8 Å². The molecular weight excluding hydrogens is 98.1 g/mol. The van der Waals surface area contributed by atoms with E-state index in [0.29, 0.717) is 5.54 Å². The van der Waals surface area contributed by atoms with E-state index in [1.165, 1.54) is 6.54 Å². The highest BCUT2D eigenvalue weighted by Gasteiger charge is 2.39. The Hall–Kier alpha value is -0.0400. The van der Waals surface area contributed by atoms with Crippen LogP contribution in [0, 0.1) is 5.92 Å². The number of hydrogen-bond donors (Lipinski definition) is 0. The van der Waals surface area contributed by atoms with Crippen LogP contribution in [0.4, 0.5) is 0 Å². The second-order valence-corrected chi connectivity index (χ2v) is 3.44. The minimum Gasteiger partial charge on any atom is -0.301 e. The molecule has 0 N–H and O–H groups in total. The third-order valence-corrected chi connectivity index (χ3v) is 2.74. The van der Waals surface area contributed by atoms with Gasteiger partial charge in [0.05, 0.1) is 0 Å². The Kier molecular flexibility index (Phi) is 1.12. The highest BCUT2D eigenvalue weighted by Crippen LogP contribution is 2.33. The molecule has 0 amide bonds. The standard InChI is InChI=1S/C7H15N/c1-6-5-8(4)7(6,2)3/h6H,5H2,1-4H3. The maximum Gasteiger partial charge on any atom is 0.0188 e. The molecule has 0 spiro atoms. The molecule has 1 heteroatoms. The van der Waals surface area contributed by atoms with Gasteiger partial charge in [0.15, 0.2) is 0 Å². The molecule has 1 nitrogen and oxygen atoms in total. The third-order valence-electron chi connectivity index (χ3n) is 2.74. The number of nitrogens with zero attached hydrogens (tertiary/aromatic N) is 1. The quantitative estimate of drug-likeness (QED) is 0.458. The zero-order valence-electron chi connectivity index (χ0n) is 6.23. The summed E-state index contributed by atoms with van der Waals surface area (Å²) in [6.45, 7) is 8.16. The Balaban J connectivity index is 2.52. The minimum absolute atomic E-state index is 0.472. The highest BCUT2D eigenvalue weighted by molar-refractivity contribution is 4.95. The van der Waals surface area contributed by atoms with E-state index >= 15 is 0 Å². The van der Waals surface area contributed by atoms with Crippen molar-refractivity contribution in [2.75, 3.05) is 13.6 Å². The highest BCUT2D eigenvalue weighted by atomic mass is 15.2. The molecule has 0 aliphatic carbocycles. The number of likely N-dealkylation sites (tertiary alicyclic amines) is 1. The normalized spacial score (nSPS) is 36.8. The van der Waals surface area contributed by atoms with Crippen molar-refractivity contribution in [2.24, 2.45) is 5.92 Å². The molecule has 8 heavy (non-hydrogen) atoms. The lowest BCUT2D eigenvalue weighted by Gasteiger charge is -2.52. The molecule has 1 aliphatic rings. The van der Waals surface area contributed by atoms with E-state index in [4.69, 9.17) is 0 Å². The maximum atomic E-state index is 2.39. The molecule has 1 unspecified atom stereocenters. The molecule has 48 valence electrons. The summed E-state index contributed by atoms with van der Waals surface area (Å²) < 4.78 is 0. The fourth-order valence-corrected chi connectivity index (χ4v) is 1.13. The van der Waals surface area contributed by atoms with Crippen molar-refractivity contribution in [1.29, 1.82) is 0 Å². The second kappa shape index (κ2) is 1.47. The molecule has 0 aromatic heterocycles. The summed E-state index contributed by atoms with van der Waals surface area (Å²) in [6, 6.07) is 0. The smallest absolute Gasteiger partial charge is 0.0188 e. The van der Waals surface area contributed by atoms with Gasteiger partial charge < -0.3 is 4.90 Å². The van der Waals surface area contributed by atoms with Crippen LogP contribution in [0.5, 0.6) is 0 Å². The van der Waals surface area contributed by atoms with E-state index < -0.39 is 0 Å². The second-order valence-electron chi connectivity index (χ2n) is 3.44. The summed E-state index contributed by atoms with van der Waals surface area (Å²) >= 11 is 0. The zero-order chi connectivity index (χ0) is 6.36. The van der Waals surface area contributed by atoms with Crippen molar-refractivity contribution in [1.82, 2.24) is 4.90 Å². The average Bonchev–Trinajstić information content (AvgIpc) is 1.68. The van der Waals surface area contributed by atoms with Crippen LogP contribution in [0.2, 0.25) is 0 Å². The molecule has 0 bridgehead atoms.